The fraction of sp³-hybridized carbons (Fsp3) is 0.417. The maximum absolute atomic E-state index is 11.3. The summed E-state index contributed by atoms with van der Waals surface area (Å²) in [5.74, 6) is -0.824. The average Bonchev–Trinajstić information content (AvgIpc) is 2.74. The van der Waals surface area contributed by atoms with Gasteiger partial charge >= 0.3 is 5.97 Å². The fourth-order valence-electron chi connectivity index (χ4n) is 2.18. The van der Waals surface area contributed by atoms with Gasteiger partial charge < -0.3 is 5.11 Å². The molecule has 1 saturated heterocycles. The van der Waals surface area contributed by atoms with E-state index in [1.807, 2.05) is 17.0 Å². The number of hydrogen-bond donors (Lipinski definition) is 1. The molecule has 0 aromatic heterocycles. The Hall–Kier alpha value is -1.06. The van der Waals surface area contributed by atoms with Crippen LogP contribution < -0.4 is 0 Å². The van der Waals surface area contributed by atoms with Gasteiger partial charge in [-0.2, -0.15) is 0 Å². The summed E-state index contributed by atoms with van der Waals surface area (Å²) in [5, 5.41) is 9.84. The van der Waals surface area contributed by atoms with Crippen molar-refractivity contribution in [3.8, 4) is 0 Å². The van der Waals surface area contributed by atoms with Gasteiger partial charge in [-0.25, -0.2) is 0 Å². The van der Waals surface area contributed by atoms with Gasteiger partial charge in [-0.1, -0.05) is 29.8 Å². The predicted octanol–water partition coefficient (Wildman–Crippen LogP) is 2.56. The van der Waals surface area contributed by atoms with Crippen molar-refractivity contribution in [2.24, 2.45) is 0 Å². The van der Waals surface area contributed by atoms with Gasteiger partial charge in [-0.05, 0) is 37.6 Å². The lowest BCUT2D eigenvalue weighted by molar-refractivity contribution is -0.143. The molecule has 86 valence electrons. The standard InChI is InChI=1S/C12H14ClNO2/c13-10-6-2-1-5-9(10)11(12(15)16)14-7-3-4-8-14/h1-2,5-6,11H,3-4,7-8H2,(H,15,16)/t11-/m1/s1. The highest BCUT2D eigenvalue weighted by Gasteiger charge is 2.30. The monoisotopic (exact) mass is 239 g/mol. The first-order valence-corrected chi connectivity index (χ1v) is 5.79. The molecule has 1 aliphatic heterocycles. The van der Waals surface area contributed by atoms with E-state index in [1.54, 1.807) is 12.1 Å². The van der Waals surface area contributed by atoms with Crippen LogP contribution in [-0.2, 0) is 4.79 Å². The highest BCUT2D eigenvalue weighted by molar-refractivity contribution is 6.31. The van der Waals surface area contributed by atoms with E-state index in [-0.39, 0.29) is 0 Å². The molecule has 1 atom stereocenters. The lowest BCUT2D eigenvalue weighted by Gasteiger charge is -2.24. The van der Waals surface area contributed by atoms with Gasteiger partial charge in [0.1, 0.15) is 6.04 Å². The van der Waals surface area contributed by atoms with Crippen LogP contribution in [0.4, 0.5) is 0 Å². The van der Waals surface area contributed by atoms with Crippen molar-refractivity contribution in [1.82, 2.24) is 4.90 Å². The fourth-order valence-corrected chi connectivity index (χ4v) is 2.42. The number of carbonyl (C=O) groups is 1. The van der Waals surface area contributed by atoms with E-state index < -0.39 is 12.0 Å². The van der Waals surface area contributed by atoms with Crippen LogP contribution in [0.15, 0.2) is 24.3 Å². The molecule has 0 amide bonds. The number of rotatable bonds is 3. The van der Waals surface area contributed by atoms with Crippen molar-refractivity contribution in [3.05, 3.63) is 34.9 Å². The molecule has 4 heteroatoms. The van der Waals surface area contributed by atoms with Gasteiger partial charge in [-0.3, -0.25) is 9.69 Å². The summed E-state index contributed by atoms with van der Waals surface area (Å²) in [6.07, 6.45) is 2.13. The molecule has 1 fully saturated rings. The third-order valence-corrected chi connectivity index (χ3v) is 3.28. The molecule has 0 unspecified atom stereocenters. The average molecular weight is 240 g/mol. The summed E-state index contributed by atoms with van der Waals surface area (Å²) in [7, 11) is 0. The zero-order valence-corrected chi connectivity index (χ0v) is 9.65. The summed E-state index contributed by atoms with van der Waals surface area (Å²) in [6, 6.07) is 6.57. The van der Waals surface area contributed by atoms with E-state index in [0.717, 1.165) is 25.9 Å². The molecule has 2 rings (SSSR count). The second kappa shape index (κ2) is 4.85. The van der Waals surface area contributed by atoms with Crippen molar-refractivity contribution < 1.29 is 9.90 Å². The third-order valence-electron chi connectivity index (χ3n) is 2.94. The number of carboxylic acids is 1. The van der Waals surface area contributed by atoms with Crippen molar-refractivity contribution in [3.63, 3.8) is 0 Å². The Kier molecular flexibility index (Phi) is 3.46. The molecule has 1 aromatic rings. The topological polar surface area (TPSA) is 40.5 Å². The Balaban J connectivity index is 2.32. The minimum Gasteiger partial charge on any atom is -0.480 e. The van der Waals surface area contributed by atoms with Crippen LogP contribution in [0.2, 0.25) is 5.02 Å². The molecule has 0 spiro atoms. The smallest absolute Gasteiger partial charge is 0.325 e. The van der Waals surface area contributed by atoms with Crippen LogP contribution in [0, 0.1) is 0 Å². The van der Waals surface area contributed by atoms with Gasteiger partial charge in [0.05, 0.1) is 0 Å². The van der Waals surface area contributed by atoms with E-state index in [0.29, 0.717) is 10.6 Å². The summed E-state index contributed by atoms with van der Waals surface area (Å²) >= 11 is 6.05. The molecule has 1 N–H and O–H groups in total. The largest absolute Gasteiger partial charge is 0.480 e. The number of aliphatic carboxylic acids is 1. The normalized spacial score (nSPS) is 18.6. The maximum Gasteiger partial charge on any atom is 0.325 e. The molecular formula is C12H14ClNO2. The summed E-state index contributed by atoms with van der Waals surface area (Å²) in [6.45, 7) is 1.67. The molecule has 1 aromatic carbocycles. The molecule has 1 aliphatic rings. The second-order valence-electron chi connectivity index (χ2n) is 4.01. The lowest BCUT2D eigenvalue weighted by Crippen LogP contribution is -2.31. The molecule has 16 heavy (non-hydrogen) atoms. The van der Waals surface area contributed by atoms with Crippen molar-refractivity contribution in [2.45, 2.75) is 18.9 Å². The summed E-state index contributed by atoms with van der Waals surface area (Å²) in [4.78, 5) is 13.3. The third kappa shape index (κ3) is 2.20. The highest BCUT2D eigenvalue weighted by atomic mass is 35.5. The Labute approximate surface area is 99.6 Å². The Bertz CT molecular complexity index is 388. The van der Waals surface area contributed by atoms with Gasteiger partial charge in [0.2, 0.25) is 0 Å². The summed E-state index contributed by atoms with van der Waals surface area (Å²) < 4.78 is 0. The number of likely N-dealkylation sites (tertiary alicyclic amines) is 1. The molecular weight excluding hydrogens is 226 g/mol. The molecule has 0 bridgehead atoms. The first kappa shape index (κ1) is 11.4. The van der Waals surface area contributed by atoms with E-state index >= 15 is 0 Å². The summed E-state index contributed by atoms with van der Waals surface area (Å²) in [5.41, 5.74) is 0.693. The zero-order chi connectivity index (χ0) is 11.5. The SMILES string of the molecule is O=C(O)[C@@H](c1ccccc1Cl)N1CCCC1. The maximum atomic E-state index is 11.3. The predicted molar refractivity (Wildman–Crippen MR) is 62.6 cm³/mol. The first-order valence-electron chi connectivity index (χ1n) is 5.41. The minimum absolute atomic E-state index is 0.529. The van der Waals surface area contributed by atoms with Gasteiger partial charge in [0.25, 0.3) is 0 Å². The van der Waals surface area contributed by atoms with E-state index in [4.69, 9.17) is 11.6 Å². The molecule has 0 radical (unpaired) electrons. The van der Waals surface area contributed by atoms with E-state index in [9.17, 15) is 9.90 Å². The number of hydrogen-bond acceptors (Lipinski definition) is 2. The van der Waals surface area contributed by atoms with Crippen LogP contribution in [0.5, 0.6) is 0 Å². The lowest BCUT2D eigenvalue weighted by atomic mass is 10.1. The Morgan fingerprint density at radius 1 is 1.31 bits per heavy atom. The highest BCUT2D eigenvalue weighted by Crippen LogP contribution is 2.30. The minimum atomic E-state index is -0.824. The van der Waals surface area contributed by atoms with Crippen molar-refractivity contribution >= 4 is 17.6 Å². The zero-order valence-electron chi connectivity index (χ0n) is 8.90. The van der Waals surface area contributed by atoms with Crippen molar-refractivity contribution in [1.29, 1.82) is 0 Å². The molecule has 3 nitrogen and oxygen atoms in total. The van der Waals surface area contributed by atoms with E-state index in [2.05, 4.69) is 0 Å². The molecule has 1 heterocycles. The number of halogens is 1. The van der Waals surface area contributed by atoms with Crippen LogP contribution in [0.3, 0.4) is 0 Å². The van der Waals surface area contributed by atoms with Crippen LogP contribution in [0.1, 0.15) is 24.4 Å². The van der Waals surface area contributed by atoms with Crippen LogP contribution >= 0.6 is 11.6 Å². The van der Waals surface area contributed by atoms with Crippen molar-refractivity contribution in [2.75, 3.05) is 13.1 Å². The number of nitrogens with zero attached hydrogens (tertiary/aromatic N) is 1. The number of benzene rings is 1. The Morgan fingerprint density at radius 3 is 2.50 bits per heavy atom. The number of carboxylic acid groups (broad SMARTS) is 1. The molecule has 0 aliphatic carbocycles. The quantitative estimate of drug-likeness (QED) is 0.881. The van der Waals surface area contributed by atoms with Crippen LogP contribution in [0.25, 0.3) is 0 Å². The second-order valence-corrected chi connectivity index (χ2v) is 4.41. The van der Waals surface area contributed by atoms with Gasteiger partial charge in [0, 0.05) is 5.02 Å². The van der Waals surface area contributed by atoms with Gasteiger partial charge in [0.15, 0.2) is 0 Å². The van der Waals surface area contributed by atoms with E-state index in [1.165, 1.54) is 0 Å². The first-order chi connectivity index (χ1) is 7.70. The van der Waals surface area contributed by atoms with Crippen LogP contribution in [-0.4, -0.2) is 29.1 Å². The van der Waals surface area contributed by atoms with Gasteiger partial charge in [-0.15, -0.1) is 0 Å². The molecule has 0 saturated carbocycles. The Morgan fingerprint density at radius 2 is 1.94 bits per heavy atom.